The van der Waals surface area contributed by atoms with Crippen molar-refractivity contribution in [3.63, 3.8) is 0 Å². The van der Waals surface area contributed by atoms with Gasteiger partial charge in [0.25, 0.3) is 0 Å². The van der Waals surface area contributed by atoms with E-state index >= 15 is 0 Å². The van der Waals surface area contributed by atoms with Crippen LogP contribution in [0.1, 0.15) is 57.8 Å². The van der Waals surface area contributed by atoms with Crippen molar-refractivity contribution in [2.75, 3.05) is 26.2 Å². The van der Waals surface area contributed by atoms with E-state index in [4.69, 9.17) is 16.3 Å². The van der Waals surface area contributed by atoms with Crippen LogP contribution in [0, 0.1) is 17.8 Å². The van der Waals surface area contributed by atoms with Crippen molar-refractivity contribution in [3.8, 4) is 0 Å². The van der Waals surface area contributed by atoms with Crippen molar-refractivity contribution in [1.29, 1.82) is 0 Å². The minimum Gasteiger partial charge on any atom is -0.464 e. The monoisotopic (exact) mass is 437 g/mol. The van der Waals surface area contributed by atoms with Crippen LogP contribution in [0.5, 0.6) is 0 Å². The number of nitrogens with one attached hydrogen (secondary N) is 4. The second-order valence-electron chi connectivity index (χ2n) is 9.13. The van der Waals surface area contributed by atoms with E-state index in [9.17, 15) is 9.59 Å². The zero-order chi connectivity index (χ0) is 22.1. The largest absolute Gasteiger partial charge is 0.464 e. The van der Waals surface area contributed by atoms with Crippen molar-refractivity contribution in [3.05, 3.63) is 0 Å². The molecule has 10 heteroatoms. The van der Waals surface area contributed by atoms with Gasteiger partial charge in [-0.3, -0.25) is 9.59 Å². The molecule has 10 nitrogen and oxygen atoms in total. The highest BCUT2D eigenvalue weighted by molar-refractivity contribution is 5.82. The molecule has 0 aromatic rings. The Labute approximate surface area is 184 Å². The highest BCUT2D eigenvalue weighted by Crippen LogP contribution is 2.40. The summed E-state index contributed by atoms with van der Waals surface area (Å²) in [5, 5.41) is 13.3. The Bertz CT molecular complexity index is 624. The molecule has 5 atom stereocenters. The average Bonchev–Trinajstić information content (AvgIpc) is 3.32. The Morgan fingerprint density at radius 1 is 1.10 bits per heavy atom. The number of hydrazine groups is 1. The molecule has 2 saturated heterocycles. The predicted molar refractivity (Wildman–Crippen MR) is 119 cm³/mol. The fourth-order valence-electron chi connectivity index (χ4n) is 5.18. The van der Waals surface area contributed by atoms with E-state index in [0.29, 0.717) is 43.2 Å². The van der Waals surface area contributed by atoms with E-state index in [1.807, 2.05) is 0 Å². The minimum absolute atomic E-state index is 0.0444. The first-order chi connectivity index (χ1) is 15.1. The van der Waals surface area contributed by atoms with E-state index in [-0.39, 0.29) is 24.0 Å². The second-order valence-corrected chi connectivity index (χ2v) is 9.13. The van der Waals surface area contributed by atoms with Crippen LogP contribution >= 0.6 is 0 Å². The number of fused-ring (bicyclic) bond motifs is 1. The van der Waals surface area contributed by atoms with Crippen LogP contribution in [0.25, 0.3) is 0 Å². The first-order valence-electron chi connectivity index (χ1n) is 11.8. The summed E-state index contributed by atoms with van der Waals surface area (Å²) in [6.45, 7) is 2.64. The van der Waals surface area contributed by atoms with Crippen LogP contribution < -0.4 is 33.1 Å². The molecule has 8 N–H and O–H groups in total. The van der Waals surface area contributed by atoms with Crippen molar-refractivity contribution in [2.45, 2.75) is 69.9 Å². The van der Waals surface area contributed by atoms with Crippen LogP contribution in [0.2, 0.25) is 0 Å². The fourth-order valence-corrected chi connectivity index (χ4v) is 5.18. The van der Waals surface area contributed by atoms with Gasteiger partial charge in [0.2, 0.25) is 5.91 Å². The molecule has 176 valence electrons. The Morgan fingerprint density at radius 2 is 1.97 bits per heavy atom. The molecule has 5 unspecified atom stereocenters. The van der Waals surface area contributed by atoms with Crippen LogP contribution in [-0.4, -0.2) is 56.0 Å². The SMILES string of the molecule is NN/N=C(\N)CCC1CCC2CNC(C(=O)OCCCNC(=O)C3CCCN3)CC2C1. The molecule has 0 spiro atoms. The number of esters is 1. The van der Waals surface area contributed by atoms with E-state index in [0.717, 1.165) is 51.6 Å². The van der Waals surface area contributed by atoms with E-state index < -0.39 is 0 Å². The summed E-state index contributed by atoms with van der Waals surface area (Å²) < 4.78 is 5.48. The number of amides is 1. The maximum Gasteiger partial charge on any atom is 0.323 e. The molecule has 3 rings (SSSR count). The molecule has 2 aliphatic heterocycles. The number of amidine groups is 1. The van der Waals surface area contributed by atoms with Gasteiger partial charge in [-0.25, -0.2) is 11.4 Å². The molecule has 3 aliphatic rings. The molecular weight excluding hydrogens is 398 g/mol. The molecule has 31 heavy (non-hydrogen) atoms. The first-order valence-corrected chi connectivity index (χ1v) is 11.8. The van der Waals surface area contributed by atoms with Crippen molar-refractivity contribution in [2.24, 2.45) is 34.4 Å². The number of piperidine rings is 1. The lowest BCUT2D eigenvalue weighted by atomic mass is 9.69. The third kappa shape index (κ3) is 7.33. The second kappa shape index (κ2) is 12.2. The highest BCUT2D eigenvalue weighted by atomic mass is 16.5. The quantitative estimate of drug-likeness (QED) is 0.0679. The number of rotatable bonds is 10. The predicted octanol–water partition coefficient (Wildman–Crippen LogP) is -0.302. The molecule has 0 aromatic carbocycles. The van der Waals surface area contributed by atoms with Gasteiger partial charge in [0.05, 0.1) is 12.6 Å². The first kappa shape index (κ1) is 23.7. The smallest absolute Gasteiger partial charge is 0.323 e. The summed E-state index contributed by atoms with van der Waals surface area (Å²) in [6, 6.07) is -0.298. The lowest BCUT2D eigenvalue weighted by Crippen LogP contribution is -2.50. The maximum atomic E-state index is 12.5. The zero-order valence-corrected chi connectivity index (χ0v) is 18.4. The van der Waals surface area contributed by atoms with Crippen molar-refractivity contribution < 1.29 is 14.3 Å². The summed E-state index contributed by atoms with van der Waals surface area (Å²) in [5.41, 5.74) is 8.06. The van der Waals surface area contributed by atoms with E-state index in [1.165, 1.54) is 12.8 Å². The van der Waals surface area contributed by atoms with Crippen molar-refractivity contribution in [1.82, 2.24) is 21.5 Å². The third-order valence-electron chi connectivity index (χ3n) is 6.96. The lowest BCUT2D eigenvalue weighted by Gasteiger charge is -2.42. The zero-order valence-electron chi connectivity index (χ0n) is 18.4. The summed E-state index contributed by atoms with van der Waals surface area (Å²) in [7, 11) is 0. The number of nitrogens with two attached hydrogens (primary N) is 2. The molecule has 0 bridgehead atoms. The number of ether oxygens (including phenoxy) is 1. The summed E-state index contributed by atoms with van der Waals surface area (Å²) in [5.74, 6) is 7.37. The van der Waals surface area contributed by atoms with Crippen LogP contribution in [-0.2, 0) is 14.3 Å². The summed E-state index contributed by atoms with van der Waals surface area (Å²) >= 11 is 0. The number of hydrazone groups is 1. The Balaban J connectivity index is 1.32. The summed E-state index contributed by atoms with van der Waals surface area (Å²) in [4.78, 5) is 24.5. The van der Waals surface area contributed by atoms with Gasteiger partial charge in [-0.2, -0.15) is 5.10 Å². The molecular formula is C21H39N7O3. The maximum absolute atomic E-state index is 12.5. The summed E-state index contributed by atoms with van der Waals surface area (Å²) in [6.07, 6.45) is 8.65. The topological polar surface area (TPSA) is 156 Å². The molecule has 3 fully saturated rings. The third-order valence-corrected chi connectivity index (χ3v) is 6.96. The molecule has 0 aromatic heterocycles. The van der Waals surface area contributed by atoms with Gasteiger partial charge in [0.1, 0.15) is 11.9 Å². The molecule has 1 amide bonds. The average molecular weight is 438 g/mol. The minimum atomic E-state index is -0.231. The van der Waals surface area contributed by atoms with Gasteiger partial charge >= 0.3 is 5.97 Å². The van der Waals surface area contributed by atoms with Gasteiger partial charge in [-0.15, -0.1) is 0 Å². The van der Waals surface area contributed by atoms with Crippen LogP contribution in [0.3, 0.4) is 0 Å². The fraction of sp³-hybridized carbons (Fsp3) is 0.857. The lowest BCUT2D eigenvalue weighted by molar-refractivity contribution is -0.148. The van der Waals surface area contributed by atoms with Gasteiger partial charge in [-0.1, -0.05) is 6.42 Å². The van der Waals surface area contributed by atoms with Gasteiger partial charge in [-0.05, 0) is 75.8 Å². The van der Waals surface area contributed by atoms with Gasteiger partial charge in [0, 0.05) is 13.0 Å². The molecule has 1 aliphatic carbocycles. The molecule has 2 heterocycles. The van der Waals surface area contributed by atoms with Gasteiger partial charge < -0.3 is 26.4 Å². The van der Waals surface area contributed by atoms with Crippen molar-refractivity contribution >= 4 is 17.7 Å². The molecule has 1 saturated carbocycles. The Kier molecular flexibility index (Phi) is 9.35. The van der Waals surface area contributed by atoms with Crippen LogP contribution in [0.4, 0.5) is 0 Å². The normalized spacial score (nSPS) is 31.0. The number of carbonyl (C=O) groups is 2. The number of hydrogen-bond donors (Lipinski definition) is 6. The Hall–Kier alpha value is -1.91. The number of carbonyl (C=O) groups excluding carboxylic acids is 2. The highest BCUT2D eigenvalue weighted by Gasteiger charge is 2.38. The standard InChI is InChI=1S/C21H39N7O3/c22-19(27-28-23)7-5-14-4-6-15-13-26-18(12-16(15)11-14)21(30)31-10-2-9-25-20(29)17-3-1-8-24-17/h14-18,24,26,28H,1-13,23H2,(H2,22,27)(H,25,29). The van der Waals surface area contributed by atoms with E-state index in [2.05, 4.69) is 26.6 Å². The number of nitrogens with zero attached hydrogens (tertiary/aromatic N) is 1. The number of hydrogen-bond acceptors (Lipinski definition) is 8. The van der Waals surface area contributed by atoms with E-state index in [1.54, 1.807) is 0 Å². The Morgan fingerprint density at radius 3 is 2.74 bits per heavy atom. The molecule has 0 radical (unpaired) electrons. The van der Waals surface area contributed by atoms with Gasteiger partial charge in [0.15, 0.2) is 0 Å². The van der Waals surface area contributed by atoms with Crippen LogP contribution in [0.15, 0.2) is 5.10 Å².